The van der Waals surface area contributed by atoms with Crippen LogP contribution in [0.1, 0.15) is 26.3 Å². The zero-order valence-electron chi connectivity index (χ0n) is 18.3. The summed E-state index contributed by atoms with van der Waals surface area (Å²) >= 11 is 0. The fourth-order valence-electron chi connectivity index (χ4n) is 3.56. The van der Waals surface area contributed by atoms with Crippen LogP contribution in [0.2, 0.25) is 0 Å². The van der Waals surface area contributed by atoms with Gasteiger partial charge in [-0.15, -0.1) is 0 Å². The van der Waals surface area contributed by atoms with Crippen molar-refractivity contribution in [3.05, 3.63) is 83.7 Å². The summed E-state index contributed by atoms with van der Waals surface area (Å²) in [5.74, 6) is -0.345. The van der Waals surface area contributed by atoms with Crippen molar-refractivity contribution in [3.63, 3.8) is 0 Å². The van der Waals surface area contributed by atoms with Crippen molar-refractivity contribution in [3.8, 4) is 11.1 Å². The Bertz CT molecular complexity index is 1290. The molecule has 2 heterocycles. The number of nitrogens with zero attached hydrogens (tertiary/aromatic N) is 2. The Balaban J connectivity index is 1.41. The van der Waals surface area contributed by atoms with Gasteiger partial charge in [-0.3, -0.25) is 14.6 Å². The lowest BCUT2D eigenvalue weighted by atomic mass is 10.0. The third-order valence-corrected chi connectivity index (χ3v) is 6.40. The first kappa shape index (κ1) is 23.6. The van der Waals surface area contributed by atoms with Crippen molar-refractivity contribution >= 4 is 21.8 Å². The van der Waals surface area contributed by atoms with E-state index in [1.165, 1.54) is 18.3 Å². The average molecular weight is 481 g/mol. The van der Waals surface area contributed by atoms with Crippen molar-refractivity contribution in [2.75, 3.05) is 26.3 Å². The molecule has 10 heteroatoms. The van der Waals surface area contributed by atoms with E-state index in [2.05, 4.69) is 10.3 Å². The minimum absolute atomic E-state index is 0.0112. The van der Waals surface area contributed by atoms with E-state index >= 15 is 0 Å². The summed E-state index contributed by atoms with van der Waals surface area (Å²) < 4.78 is 28.0. The molecule has 0 saturated carbocycles. The van der Waals surface area contributed by atoms with Gasteiger partial charge in [-0.05, 0) is 41.5 Å². The molecular weight excluding hydrogens is 456 g/mol. The Morgan fingerprint density at radius 3 is 2.26 bits per heavy atom. The summed E-state index contributed by atoms with van der Waals surface area (Å²) in [6, 6.07) is 14.9. The van der Waals surface area contributed by atoms with Crippen LogP contribution < -0.4 is 10.5 Å². The van der Waals surface area contributed by atoms with Gasteiger partial charge in [0.05, 0.1) is 23.7 Å². The number of carbonyl (C=O) groups is 2. The highest BCUT2D eigenvalue weighted by Crippen LogP contribution is 2.21. The van der Waals surface area contributed by atoms with E-state index in [1.54, 1.807) is 41.4 Å². The highest BCUT2D eigenvalue weighted by atomic mass is 32.2. The lowest BCUT2D eigenvalue weighted by Crippen LogP contribution is -2.40. The van der Waals surface area contributed by atoms with Gasteiger partial charge in [0, 0.05) is 43.2 Å². The third-order valence-electron chi connectivity index (χ3n) is 5.47. The molecule has 1 saturated heterocycles. The van der Waals surface area contributed by atoms with Crippen LogP contribution in [0.5, 0.6) is 0 Å². The second-order valence-electron chi connectivity index (χ2n) is 7.82. The lowest BCUT2D eigenvalue weighted by Gasteiger charge is -2.26. The molecule has 1 aromatic heterocycles. The lowest BCUT2D eigenvalue weighted by molar-refractivity contribution is 0.0303. The van der Waals surface area contributed by atoms with E-state index in [4.69, 9.17) is 9.88 Å². The number of hydrogen-bond donors (Lipinski definition) is 2. The Labute approximate surface area is 197 Å². The molecule has 0 atom stereocenters. The van der Waals surface area contributed by atoms with E-state index in [1.807, 2.05) is 12.1 Å². The number of amides is 2. The number of pyridine rings is 1. The molecule has 1 aliphatic heterocycles. The highest BCUT2D eigenvalue weighted by Gasteiger charge is 2.18. The largest absolute Gasteiger partial charge is 0.378 e. The fourth-order valence-corrected chi connectivity index (χ4v) is 4.07. The molecule has 0 bridgehead atoms. The Kier molecular flexibility index (Phi) is 7.01. The summed E-state index contributed by atoms with van der Waals surface area (Å²) in [7, 11) is -3.76. The predicted octanol–water partition coefficient (Wildman–Crippen LogP) is 1.80. The van der Waals surface area contributed by atoms with Crippen LogP contribution in [-0.4, -0.2) is 56.4 Å². The standard InChI is InChI=1S/C24H24N4O5S/c25-34(31,32)22-7-1-17(2-8-22)14-27-23(29)21-13-20(15-26-16-21)18-3-5-19(6-4-18)24(30)28-9-11-33-12-10-28/h1-8,13,15-16H,9-12,14H2,(H,27,29)(H2,25,31,32). The van der Waals surface area contributed by atoms with Crippen molar-refractivity contribution < 1.29 is 22.7 Å². The van der Waals surface area contributed by atoms with E-state index in [0.29, 0.717) is 37.4 Å². The number of carbonyl (C=O) groups excluding carboxylic acids is 2. The van der Waals surface area contributed by atoms with Crippen molar-refractivity contribution in [1.82, 2.24) is 15.2 Å². The molecule has 1 aliphatic rings. The minimum Gasteiger partial charge on any atom is -0.378 e. The molecule has 0 radical (unpaired) electrons. The second kappa shape index (κ2) is 10.1. The minimum atomic E-state index is -3.76. The molecule has 0 unspecified atom stereocenters. The van der Waals surface area contributed by atoms with E-state index < -0.39 is 10.0 Å². The number of sulfonamides is 1. The Morgan fingerprint density at radius 1 is 0.941 bits per heavy atom. The molecule has 3 aromatic rings. The number of ether oxygens (including phenoxy) is 1. The molecule has 3 N–H and O–H groups in total. The molecule has 0 spiro atoms. The number of nitrogens with two attached hydrogens (primary N) is 1. The molecule has 34 heavy (non-hydrogen) atoms. The van der Waals surface area contributed by atoms with Gasteiger partial charge >= 0.3 is 0 Å². The van der Waals surface area contributed by atoms with Crippen LogP contribution in [0.15, 0.2) is 71.9 Å². The Morgan fingerprint density at radius 2 is 1.62 bits per heavy atom. The highest BCUT2D eigenvalue weighted by molar-refractivity contribution is 7.89. The van der Waals surface area contributed by atoms with Crippen molar-refractivity contribution in [2.45, 2.75) is 11.4 Å². The molecular formula is C24H24N4O5S. The maximum Gasteiger partial charge on any atom is 0.254 e. The summed E-state index contributed by atoms with van der Waals surface area (Å²) in [5.41, 5.74) is 3.29. The number of benzene rings is 2. The third kappa shape index (κ3) is 5.66. The number of morpholine rings is 1. The van der Waals surface area contributed by atoms with E-state index in [9.17, 15) is 18.0 Å². The average Bonchev–Trinajstić information content (AvgIpc) is 2.87. The van der Waals surface area contributed by atoms with Gasteiger partial charge in [-0.25, -0.2) is 13.6 Å². The smallest absolute Gasteiger partial charge is 0.254 e. The molecule has 176 valence electrons. The molecule has 0 aliphatic carbocycles. The van der Waals surface area contributed by atoms with Crippen molar-refractivity contribution in [2.24, 2.45) is 5.14 Å². The van der Waals surface area contributed by atoms with E-state index in [0.717, 1.165) is 16.7 Å². The SMILES string of the molecule is NS(=O)(=O)c1ccc(CNC(=O)c2cncc(-c3ccc(C(=O)N4CCOCC4)cc3)c2)cc1. The van der Waals surface area contributed by atoms with Crippen LogP contribution in [0.4, 0.5) is 0 Å². The maximum atomic E-state index is 12.6. The van der Waals surface area contributed by atoms with Crippen molar-refractivity contribution in [1.29, 1.82) is 0 Å². The zero-order valence-corrected chi connectivity index (χ0v) is 19.1. The van der Waals surface area contributed by atoms with Gasteiger partial charge in [-0.2, -0.15) is 0 Å². The quantitative estimate of drug-likeness (QED) is 0.553. The van der Waals surface area contributed by atoms with Gasteiger partial charge in [0.1, 0.15) is 0 Å². The fraction of sp³-hybridized carbons (Fsp3) is 0.208. The maximum absolute atomic E-state index is 12.6. The van der Waals surface area contributed by atoms with Crippen LogP contribution in [0, 0.1) is 0 Å². The number of aromatic nitrogens is 1. The summed E-state index contributed by atoms with van der Waals surface area (Å²) in [5, 5.41) is 7.89. The van der Waals surface area contributed by atoms with Crippen LogP contribution in [0.3, 0.4) is 0 Å². The zero-order chi connectivity index (χ0) is 24.1. The summed E-state index contributed by atoms with van der Waals surface area (Å²) in [6.07, 6.45) is 3.13. The van der Waals surface area contributed by atoms with Gasteiger partial charge in [0.2, 0.25) is 10.0 Å². The normalized spacial score (nSPS) is 14.0. The first-order chi connectivity index (χ1) is 16.3. The van der Waals surface area contributed by atoms with Gasteiger partial charge < -0.3 is 15.0 Å². The molecule has 4 rings (SSSR count). The van der Waals surface area contributed by atoms with Gasteiger partial charge in [0.15, 0.2) is 0 Å². The van der Waals surface area contributed by atoms with Crippen LogP contribution >= 0.6 is 0 Å². The molecule has 2 amide bonds. The molecule has 9 nitrogen and oxygen atoms in total. The predicted molar refractivity (Wildman–Crippen MR) is 125 cm³/mol. The van der Waals surface area contributed by atoms with Crippen LogP contribution in [0.25, 0.3) is 11.1 Å². The Hall–Kier alpha value is -3.60. The first-order valence-corrected chi connectivity index (χ1v) is 12.2. The summed E-state index contributed by atoms with van der Waals surface area (Å²) in [4.78, 5) is 31.2. The second-order valence-corrected chi connectivity index (χ2v) is 9.38. The number of rotatable bonds is 6. The number of primary sulfonamides is 1. The van der Waals surface area contributed by atoms with Crippen LogP contribution in [-0.2, 0) is 21.3 Å². The van der Waals surface area contributed by atoms with E-state index in [-0.39, 0.29) is 23.3 Å². The topological polar surface area (TPSA) is 132 Å². The van der Waals surface area contributed by atoms with Gasteiger partial charge in [0.25, 0.3) is 11.8 Å². The number of nitrogens with one attached hydrogen (secondary N) is 1. The summed E-state index contributed by atoms with van der Waals surface area (Å²) in [6.45, 7) is 2.47. The molecule has 2 aromatic carbocycles. The molecule has 1 fully saturated rings. The van der Waals surface area contributed by atoms with Gasteiger partial charge in [-0.1, -0.05) is 24.3 Å². The number of hydrogen-bond acceptors (Lipinski definition) is 6. The monoisotopic (exact) mass is 480 g/mol. The first-order valence-electron chi connectivity index (χ1n) is 10.6.